The number of carbonyl (C=O) groups excluding carboxylic acids is 1. The summed E-state index contributed by atoms with van der Waals surface area (Å²) in [6.45, 7) is 8.14. The maximum Gasteiger partial charge on any atom is 0.288 e. The molecule has 1 saturated heterocycles. The molecule has 1 amide bonds. The van der Waals surface area contributed by atoms with Crippen LogP contribution in [0.3, 0.4) is 0 Å². The molecule has 0 bridgehead atoms. The Balaban J connectivity index is 1.90. The molecule has 1 aliphatic heterocycles. The normalized spacial score (nSPS) is 17.0. The van der Waals surface area contributed by atoms with Crippen LogP contribution in [0.1, 0.15) is 30.6 Å². The van der Waals surface area contributed by atoms with E-state index in [1.165, 1.54) is 0 Å². The van der Waals surface area contributed by atoms with Crippen LogP contribution in [0.5, 0.6) is 0 Å². The van der Waals surface area contributed by atoms with Crippen LogP contribution < -0.4 is 5.32 Å². The number of nitrogens with zero attached hydrogens (tertiary/aromatic N) is 1. The fourth-order valence-corrected chi connectivity index (χ4v) is 3.45. The van der Waals surface area contributed by atoms with Gasteiger partial charge in [0.2, 0.25) is 0 Å². The Labute approximate surface area is 152 Å². The molecule has 0 saturated carbocycles. The molecule has 0 aliphatic carbocycles. The summed E-state index contributed by atoms with van der Waals surface area (Å²) in [5, 5.41) is 2.99. The van der Waals surface area contributed by atoms with E-state index in [0.29, 0.717) is 34.7 Å². The highest BCUT2D eigenvalue weighted by Gasteiger charge is 2.22. The number of hydrogen-bond acceptors (Lipinski definition) is 4. The second kappa shape index (κ2) is 10.1. The smallest absolute Gasteiger partial charge is 0.288 e. The summed E-state index contributed by atoms with van der Waals surface area (Å²) >= 11 is 0.479. The van der Waals surface area contributed by atoms with Gasteiger partial charge in [-0.15, -0.1) is 0 Å². The van der Waals surface area contributed by atoms with Crippen molar-refractivity contribution < 1.29 is 18.3 Å². The van der Waals surface area contributed by atoms with E-state index < -0.39 is 5.76 Å². The second-order valence-corrected chi connectivity index (χ2v) is 7.61. The van der Waals surface area contributed by atoms with Gasteiger partial charge >= 0.3 is 0 Å². The number of carbonyl (C=O) groups is 1. The van der Waals surface area contributed by atoms with Gasteiger partial charge in [-0.3, -0.25) is 9.69 Å². The van der Waals surface area contributed by atoms with Gasteiger partial charge in [-0.25, -0.2) is 0 Å². The van der Waals surface area contributed by atoms with E-state index in [-0.39, 0.29) is 11.9 Å². The monoisotopic (exact) mass is 372 g/mol. The maximum atomic E-state index is 12.3. The van der Waals surface area contributed by atoms with Crippen molar-refractivity contribution >= 4 is 17.7 Å². The lowest BCUT2D eigenvalue weighted by atomic mass is 10.0. The fourth-order valence-electron chi connectivity index (χ4n) is 2.95. The molecule has 0 aromatic heterocycles. The minimum atomic E-state index is -2.45. The van der Waals surface area contributed by atoms with Gasteiger partial charge in [0.15, 0.2) is 0 Å². The van der Waals surface area contributed by atoms with Crippen molar-refractivity contribution in [3.8, 4) is 0 Å². The number of alkyl halides is 2. The molecule has 1 N–H and O–H groups in total. The molecule has 1 fully saturated rings. The van der Waals surface area contributed by atoms with Gasteiger partial charge in [0.25, 0.3) is 11.7 Å². The molecule has 2 rings (SSSR count). The first-order chi connectivity index (χ1) is 12.0. The van der Waals surface area contributed by atoms with Gasteiger partial charge in [0.05, 0.1) is 13.2 Å². The Morgan fingerprint density at radius 3 is 2.44 bits per heavy atom. The molecule has 1 atom stereocenters. The summed E-state index contributed by atoms with van der Waals surface area (Å²) in [4.78, 5) is 15.2. The average Bonchev–Trinajstić information content (AvgIpc) is 2.59. The standard InChI is InChI=1S/C18H26F2N2O2S/c1-13(2)11-15(22-7-9-24-10-8-22)12-21-17(23)14-3-5-16(6-4-14)25-18(19)20/h3-6,13,15,18H,7-12H2,1-2H3,(H,21,23). The van der Waals surface area contributed by atoms with Crippen molar-refractivity contribution in [1.82, 2.24) is 10.2 Å². The quantitative estimate of drug-likeness (QED) is 0.710. The number of halogens is 2. The van der Waals surface area contributed by atoms with Gasteiger partial charge in [0.1, 0.15) is 0 Å². The molecule has 1 aliphatic rings. The van der Waals surface area contributed by atoms with Gasteiger partial charge in [-0.05, 0) is 36.6 Å². The summed E-state index contributed by atoms with van der Waals surface area (Å²) in [6.07, 6.45) is 1.00. The van der Waals surface area contributed by atoms with Crippen molar-refractivity contribution in [1.29, 1.82) is 0 Å². The molecule has 0 radical (unpaired) electrons. The number of amides is 1. The van der Waals surface area contributed by atoms with Crippen LogP contribution in [0.2, 0.25) is 0 Å². The van der Waals surface area contributed by atoms with Gasteiger partial charge in [-0.1, -0.05) is 25.6 Å². The third-order valence-corrected chi connectivity index (χ3v) is 4.87. The van der Waals surface area contributed by atoms with Crippen LogP contribution in [0, 0.1) is 5.92 Å². The van der Waals surface area contributed by atoms with Crippen molar-refractivity contribution in [2.75, 3.05) is 32.8 Å². The van der Waals surface area contributed by atoms with Crippen LogP contribution >= 0.6 is 11.8 Å². The van der Waals surface area contributed by atoms with E-state index in [1.807, 2.05) is 0 Å². The lowest BCUT2D eigenvalue weighted by Gasteiger charge is -2.35. The minimum absolute atomic E-state index is 0.171. The molecule has 1 heterocycles. The number of morpholine rings is 1. The molecule has 0 spiro atoms. The summed E-state index contributed by atoms with van der Waals surface area (Å²) in [6, 6.07) is 6.57. The van der Waals surface area contributed by atoms with E-state index in [0.717, 1.165) is 32.7 Å². The van der Waals surface area contributed by atoms with E-state index in [2.05, 4.69) is 24.1 Å². The Morgan fingerprint density at radius 2 is 1.88 bits per heavy atom. The molecule has 4 nitrogen and oxygen atoms in total. The number of benzene rings is 1. The number of hydrogen-bond donors (Lipinski definition) is 1. The largest absolute Gasteiger partial charge is 0.379 e. The fraction of sp³-hybridized carbons (Fsp3) is 0.611. The number of rotatable bonds is 8. The Bertz CT molecular complexity index is 534. The topological polar surface area (TPSA) is 41.6 Å². The van der Waals surface area contributed by atoms with Crippen LogP contribution in [-0.2, 0) is 4.74 Å². The highest BCUT2D eigenvalue weighted by atomic mass is 32.2. The van der Waals surface area contributed by atoms with E-state index in [4.69, 9.17) is 4.74 Å². The van der Waals surface area contributed by atoms with Gasteiger partial charge < -0.3 is 10.1 Å². The molecular weight excluding hydrogens is 346 g/mol. The number of nitrogens with one attached hydrogen (secondary N) is 1. The second-order valence-electron chi connectivity index (χ2n) is 6.54. The van der Waals surface area contributed by atoms with Crippen molar-refractivity contribution in [3.63, 3.8) is 0 Å². The highest BCUT2D eigenvalue weighted by Crippen LogP contribution is 2.25. The third kappa shape index (κ3) is 6.92. The molecule has 25 heavy (non-hydrogen) atoms. The predicted octanol–water partition coefficient (Wildman–Crippen LogP) is 3.48. The molecule has 1 aromatic rings. The lowest BCUT2D eigenvalue weighted by molar-refractivity contribution is 0.0124. The third-order valence-electron chi connectivity index (χ3n) is 4.15. The summed E-state index contributed by atoms with van der Waals surface area (Å²) < 4.78 is 30.1. The Kier molecular flexibility index (Phi) is 8.12. The van der Waals surface area contributed by atoms with E-state index in [9.17, 15) is 13.6 Å². The molecule has 7 heteroatoms. The Morgan fingerprint density at radius 1 is 1.24 bits per heavy atom. The zero-order valence-electron chi connectivity index (χ0n) is 14.7. The number of ether oxygens (including phenoxy) is 1. The SMILES string of the molecule is CC(C)CC(CNC(=O)c1ccc(SC(F)F)cc1)N1CCOCC1. The average molecular weight is 372 g/mol. The highest BCUT2D eigenvalue weighted by molar-refractivity contribution is 7.99. The van der Waals surface area contributed by atoms with Gasteiger partial charge in [-0.2, -0.15) is 8.78 Å². The zero-order chi connectivity index (χ0) is 18.2. The summed E-state index contributed by atoms with van der Waals surface area (Å²) in [5.41, 5.74) is 0.490. The molecular formula is C18H26F2N2O2S. The molecule has 140 valence electrons. The zero-order valence-corrected chi connectivity index (χ0v) is 15.5. The van der Waals surface area contributed by atoms with Crippen LogP contribution in [0.4, 0.5) is 8.78 Å². The van der Waals surface area contributed by atoms with E-state index >= 15 is 0 Å². The lowest BCUT2D eigenvalue weighted by Crippen LogP contribution is -2.49. The maximum absolute atomic E-state index is 12.3. The first-order valence-corrected chi connectivity index (χ1v) is 9.48. The summed E-state index contributed by atoms with van der Waals surface area (Å²) in [7, 11) is 0. The summed E-state index contributed by atoms with van der Waals surface area (Å²) in [5.74, 6) is -2.09. The van der Waals surface area contributed by atoms with Crippen molar-refractivity contribution in [2.24, 2.45) is 5.92 Å². The van der Waals surface area contributed by atoms with Gasteiger partial charge in [0, 0.05) is 36.1 Å². The van der Waals surface area contributed by atoms with E-state index in [1.54, 1.807) is 24.3 Å². The van der Waals surface area contributed by atoms with Crippen LogP contribution in [0.25, 0.3) is 0 Å². The first-order valence-electron chi connectivity index (χ1n) is 8.60. The number of thioether (sulfide) groups is 1. The van der Waals surface area contributed by atoms with Crippen LogP contribution in [0.15, 0.2) is 29.2 Å². The minimum Gasteiger partial charge on any atom is -0.379 e. The van der Waals surface area contributed by atoms with Crippen LogP contribution in [-0.4, -0.2) is 55.5 Å². The molecule has 1 unspecified atom stereocenters. The predicted molar refractivity (Wildman–Crippen MR) is 96.3 cm³/mol. The first kappa shape index (κ1) is 20.1. The van der Waals surface area contributed by atoms with Crippen molar-refractivity contribution in [3.05, 3.63) is 29.8 Å². The Hall–Kier alpha value is -1.18. The van der Waals surface area contributed by atoms with Crippen molar-refractivity contribution in [2.45, 2.75) is 37.0 Å². The molecule has 1 aromatic carbocycles.